The summed E-state index contributed by atoms with van der Waals surface area (Å²) >= 11 is 0. The van der Waals surface area contributed by atoms with Crippen molar-refractivity contribution in [3.05, 3.63) is 39.4 Å². The summed E-state index contributed by atoms with van der Waals surface area (Å²) in [6, 6.07) is 1.26. The van der Waals surface area contributed by atoms with E-state index >= 15 is 4.39 Å². The van der Waals surface area contributed by atoms with Crippen LogP contribution in [0.2, 0.25) is 0 Å². The quantitative estimate of drug-likeness (QED) is 0.818. The molecule has 28 heavy (non-hydrogen) atoms. The predicted molar refractivity (Wildman–Crippen MR) is 101 cm³/mol. The highest BCUT2D eigenvalue weighted by atomic mass is 19.1. The van der Waals surface area contributed by atoms with Crippen LogP contribution in [0.4, 0.5) is 10.1 Å². The topological polar surface area (TPSA) is 97.8 Å². The molecule has 1 aliphatic carbocycles. The van der Waals surface area contributed by atoms with Crippen molar-refractivity contribution in [3.63, 3.8) is 0 Å². The van der Waals surface area contributed by atoms with Gasteiger partial charge in [0.1, 0.15) is 11.4 Å². The standard InChI is InChI=1S/C20H22FN3O4/c21-14-7-11-17(24(10-1-2-10)8-12(19(11)25)20(26)27)13-9-28-6-4-16-15(22)3-5-23(16)18(13)14/h7-8,10,15-16H,1-6,9,22H2,(H,26,27). The van der Waals surface area contributed by atoms with E-state index in [4.69, 9.17) is 10.5 Å². The summed E-state index contributed by atoms with van der Waals surface area (Å²) < 4.78 is 23.0. The third-order valence-corrected chi connectivity index (χ3v) is 6.20. The first-order valence-electron chi connectivity index (χ1n) is 9.71. The second-order valence-corrected chi connectivity index (χ2v) is 7.95. The molecule has 0 bridgehead atoms. The van der Waals surface area contributed by atoms with E-state index in [0.29, 0.717) is 29.9 Å². The number of aromatic nitrogens is 1. The lowest BCUT2D eigenvalue weighted by molar-refractivity contribution is 0.0695. The highest BCUT2D eigenvalue weighted by molar-refractivity contribution is 5.95. The number of rotatable bonds is 2. The lowest BCUT2D eigenvalue weighted by atomic mass is 10.0. The molecule has 5 rings (SSSR count). The Hall–Kier alpha value is -2.45. The zero-order valence-corrected chi connectivity index (χ0v) is 15.4. The summed E-state index contributed by atoms with van der Waals surface area (Å²) in [5.41, 5.74) is 6.93. The van der Waals surface area contributed by atoms with E-state index in [1.807, 2.05) is 9.47 Å². The minimum atomic E-state index is -1.30. The van der Waals surface area contributed by atoms with Crippen molar-refractivity contribution in [1.29, 1.82) is 0 Å². The van der Waals surface area contributed by atoms with E-state index in [0.717, 1.165) is 25.7 Å². The number of carbonyl (C=O) groups is 1. The minimum Gasteiger partial charge on any atom is -0.477 e. The maximum absolute atomic E-state index is 15.3. The van der Waals surface area contributed by atoms with Crippen molar-refractivity contribution in [1.82, 2.24) is 4.57 Å². The summed E-state index contributed by atoms with van der Waals surface area (Å²) in [5, 5.41) is 9.54. The maximum Gasteiger partial charge on any atom is 0.341 e. The number of pyridine rings is 1. The molecule has 1 saturated heterocycles. The smallest absolute Gasteiger partial charge is 0.341 e. The van der Waals surface area contributed by atoms with E-state index in [-0.39, 0.29) is 35.7 Å². The summed E-state index contributed by atoms with van der Waals surface area (Å²) in [6.45, 7) is 1.34. The van der Waals surface area contributed by atoms with Crippen LogP contribution >= 0.6 is 0 Å². The number of carboxylic acid groups (broad SMARTS) is 1. The number of hydrogen-bond acceptors (Lipinski definition) is 5. The molecule has 3 N–H and O–H groups in total. The Morgan fingerprint density at radius 2 is 2.07 bits per heavy atom. The molecule has 8 heteroatoms. The number of fused-ring (bicyclic) bond motifs is 5. The van der Waals surface area contributed by atoms with Crippen molar-refractivity contribution >= 4 is 22.6 Å². The van der Waals surface area contributed by atoms with Crippen LogP contribution in [0.1, 0.15) is 47.6 Å². The number of benzene rings is 1. The average Bonchev–Trinajstić information content (AvgIpc) is 3.41. The molecule has 2 fully saturated rings. The summed E-state index contributed by atoms with van der Waals surface area (Å²) in [7, 11) is 0. The van der Waals surface area contributed by atoms with Crippen LogP contribution in [0.5, 0.6) is 0 Å². The molecule has 0 amide bonds. The largest absolute Gasteiger partial charge is 0.477 e. The van der Waals surface area contributed by atoms with Crippen LogP contribution < -0.4 is 16.1 Å². The second kappa shape index (κ2) is 6.28. The Bertz CT molecular complexity index is 1050. The van der Waals surface area contributed by atoms with Gasteiger partial charge in [0.25, 0.3) is 0 Å². The Labute approximate surface area is 160 Å². The van der Waals surface area contributed by atoms with Crippen molar-refractivity contribution in [2.75, 3.05) is 18.1 Å². The summed E-state index contributed by atoms with van der Waals surface area (Å²) in [6.07, 6.45) is 4.72. The van der Waals surface area contributed by atoms with Gasteiger partial charge in [0, 0.05) is 48.4 Å². The molecule has 2 aliphatic heterocycles. The van der Waals surface area contributed by atoms with Gasteiger partial charge in [0.05, 0.1) is 17.8 Å². The molecule has 1 aromatic heterocycles. The monoisotopic (exact) mass is 387 g/mol. The number of carboxylic acids is 1. The third-order valence-electron chi connectivity index (χ3n) is 6.20. The zero-order chi connectivity index (χ0) is 19.6. The van der Waals surface area contributed by atoms with E-state index < -0.39 is 17.2 Å². The molecule has 1 saturated carbocycles. The van der Waals surface area contributed by atoms with Crippen LogP contribution in [-0.4, -0.2) is 40.9 Å². The van der Waals surface area contributed by atoms with Crippen LogP contribution in [0.15, 0.2) is 17.1 Å². The van der Waals surface area contributed by atoms with Crippen LogP contribution in [0.3, 0.4) is 0 Å². The first-order chi connectivity index (χ1) is 13.5. The molecule has 3 heterocycles. The van der Waals surface area contributed by atoms with Crippen molar-refractivity contribution in [2.24, 2.45) is 5.73 Å². The van der Waals surface area contributed by atoms with Gasteiger partial charge in [-0.1, -0.05) is 0 Å². The number of nitrogens with two attached hydrogens (primary N) is 1. The van der Waals surface area contributed by atoms with E-state index in [2.05, 4.69) is 0 Å². The first-order valence-corrected chi connectivity index (χ1v) is 9.71. The van der Waals surface area contributed by atoms with Crippen LogP contribution in [0.25, 0.3) is 10.9 Å². The first kappa shape index (κ1) is 17.6. The number of nitrogens with zero attached hydrogens (tertiary/aromatic N) is 2. The van der Waals surface area contributed by atoms with Gasteiger partial charge < -0.3 is 25.0 Å². The fraction of sp³-hybridized carbons (Fsp3) is 0.500. The Morgan fingerprint density at radius 1 is 1.29 bits per heavy atom. The lowest BCUT2D eigenvalue weighted by Crippen LogP contribution is -2.42. The average molecular weight is 387 g/mol. The molecule has 2 aromatic rings. The summed E-state index contributed by atoms with van der Waals surface area (Å²) in [5.74, 6) is -1.82. The predicted octanol–water partition coefficient (Wildman–Crippen LogP) is 2.00. The van der Waals surface area contributed by atoms with Crippen LogP contribution in [-0.2, 0) is 11.3 Å². The van der Waals surface area contributed by atoms with Crippen molar-refractivity contribution in [3.8, 4) is 0 Å². The van der Waals surface area contributed by atoms with Crippen molar-refractivity contribution < 1.29 is 19.0 Å². The van der Waals surface area contributed by atoms with Gasteiger partial charge in [0.2, 0.25) is 5.43 Å². The molecule has 1 aromatic carbocycles. The maximum atomic E-state index is 15.3. The molecule has 3 aliphatic rings. The highest BCUT2D eigenvalue weighted by Crippen LogP contribution is 2.42. The number of halogens is 1. The molecule has 7 nitrogen and oxygen atoms in total. The second-order valence-electron chi connectivity index (χ2n) is 7.95. The third kappa shape index (κ3) is 2.55. The van der Waals surface area contributed by atoms with E-state index in [1.54, 1.807) is 0 Å². The Kier molecular flexibility index (Phi) is 3.96. The molecular weight excluding hydrogens is 365 g/mol. The van der Waals surface area contributed by atoms with Crippen molar-refractivity contribution in [2.45, 2.75) is 50.4 Å². The molecule has 2 unspecified atom stereocenters. The number of ether oxygens (including phenoxy) is 1. The molecular formula is C20H22FN3O4. The SMILES string of the molecule is NC1CCN2c3c(F)cc4c(=O)c(C(=O)O)cn(C5CC5)c4c3COCCC12. The van der Waals surface area contributed by atoms with Gasteiger partial charge in [-0.2, -0.15) is 0 Å². The van der Waals surface area contributed by atoms with E-state index in [1.165, 1.54) is 12.3 Å². The van der Waals surface area contributed by atoms with E-state index in [9.17, 15) is 14.7 Å². The zero-order valence-electron chi connectivity index (χ0n) is 15.4. The van der Waals surface area contributed by atoms with Gasteiger partial charge in [-0.25, -0.2) is 9.18 Å². The number of anilines is 1. The Balaban J connectivity index is 1.85. The normalized spacial score (nSPS) is 24.6. The summed E-state index contributed by atoms with van der Waals surface area (Å²) in [4.78, 5) is 26.4. The van der Waals surface area contributed by atoms with Crippen LogP contribution in [0, 0.1) is 5.82 Å². The number of hydrogen-bond donors (Lipinski definition) is 2. The molecule has 2 atom stereocenters. The fourth-order valence-electron chi connectivity index (χ4n) is 4.70. The number of aromatic carboxylic acids is 1. The van der Waals surface area contributed by atoms with Gasteiger partial charge in [-0.05, 0) is 31.7 Å². The molecule has 0 spiro atoms. The Morgan fingerprint density at radius 3 is 2.79 bits per heavy atom. The molecule has 0 radical (unpaired) electrons. The highest BCUT2D eigenvalue weighted by Gasteiger charge is 2.37. The fourth-order valence-corrected chi connectivity index (χ4v) is 4.70. The minimum absolute atomic E-state index is 0.00890. The van der Waals surface area contributed by atoms with Gasteiger partial charge >= 0.3 is 5.97 Å². The van der Waals surface area contributed by atoms with Gasteiger partial charge in [-0.3, -0.25) is 4.79 Å². The van der Waals surface area contributed by atoms with Gasteiger partial charge in [0.15, 0.2) is 0 Å². The lowest BCUT2D eigenvalue weighted by Gasteiger charge is -2.33. The molecule has 148 valence electrons. The van der Waals surface area contributed by atoms with Gasteiger partial charge in [-0.15, -0.1) is 0 Å².